The van der Waals surface area contributed by atoms with Crippen molar-refractivity contribution in [2.24, 2.45) is 0 Å². The molecule has 0 aliphatic carbocycles. The van der Waals surface area contributed by atoms with Gasteiger partial charge in [0.05, 0.1) is 7.11 Å². The van der Waals surface area contributed by atoms with Crippen LogP contribution in [-0.4, -0.2) is 41.7 Å². The number of amides is 1. The molecule has 0 spiro atoms. The number of benzene rings is 1. The first kappa shape index (κ1) is 16.2. The summed E-state index contributed by atoms with van der Waals surface area (Å²) < 4.78 is 44.1. The van der Waals surface area contributed by atoms with Crippen LogP contribution < -0.4 is 4.74 Å². The first-order chi connectivity index (χ1) is 10.3. The third-order valence-corrected chi connectivity index (χ3v) is 3.39. The number of likely N-dealkylation sites (N-methyl/N-ethyl adjacent to an activating group) is 1. The zero-order chi connectivity index (χ0) is 16.3. The summed E-state index contributed by atoms with van der Waals surface area (Å²) in [5.41, 5.74) is 0.775. The van der Waals surface area contributed by atoms with Gasteiger partial charge < -0.3 is 14.2 Å². The third-order valence-electron chi connectivity index (χ3n) is 3.39. The highest BCUT2D eigenvalue weighted by Gasteiger charge is 2.32. The largest absolute Gasteiger partial charge is 0.497 e. The number of methoxy groups -OCH3 is 1. The van der Waals surface area contributed by atoms with Gasteiger partial charge >= 0.3 is 6.18 Å². The second-order valence-corrected chi connectivity index (χ2v) is 4.89. The van der Waals surface area contributed by atoms with Crippen LogP contribution in [0.2, 0.25) is 0 Å². The predicted octanol–water partition coefficient (Wildman–Crippen LogP) is 3.06. The minimum absolute atomic E-state index is 0.0192. The van der Waals surface area contributed by atoms with E-state index in [1.807, 2.05) is 6.07 Å². The van der Waals surface area contributed by atoms with Crippen LogP contribution in [-0.2, 0) is 11.3 Å². The number of carbonyl (C=O) groups is 1. The second-order valence-electron chi connectivity index (χ2n) is 4.89. The fourth-order valence-electron chi connectivity index (χ4n) is 2.28. The van der Waals surface area contributed by atoms with Crippen LogP contribution in [0.25, 0.3) is 10.9 Å². The van der Waals surface area contributed by atoms with Gasteiger partial charge in [0.1, 0.15) is 18.8 Å². The summed E-state index contributed by atoms with van der Waals surface area (Å²) in [6.45, 7) is 0.197. The van der Waals surface area contributed by atoms with Crippen LogP contribution in [0.3, 0.4) is 0 Å². The molecule has 1 aromatic carbocycles. The minimum Gasteiger partial charge on any atom is -0.497 e. The Kier molecular flexibility index (Phi) is 4.63. The molecule has 4 nitrogen and oxygen atoms in total. The summed E-state index contributed by atoms with van der Waals surface area (Å²) in [6.07, 6.45) is -2.71. The zero-order valence-electron chi connectivity index (χ0n) is 12.4. The Balaban J connectivity index is 2.17. The van der Waals surface area contributed by atoms with Gasteiger partial charge in [0.25, 0.3) is 0 Å². The minimum atomic E-state index is -4.39. The van der Waals surface area contributed by atoms with Gasteiger partial charge in [0.2, 0.25) is 5.91 Å². The molecule has 0 aliphatic heterocycles. The average molecular weight is 314 g/mol. The van der Waals surface area contributed by atoms with E-state index in [2.05, 4.69) is 0 Å². The van der Waals surface area contributed by atoms with Crippen molar-refractivity contribution < 1.29 is 22.7 Å². The average Bonchev–Trinajstić information content (AvgIpc) is 2.85. The highest BCUT2D eigenvalue weighted by molar-refractivity contribution is 5.84. The molecule has 22 heavy (non-hydrogen) atoms. The van der Waals surface area contributed by atoms with Crippen molar-refractivity contribution in [1.82, 2.24) is 9.47 Å². The van der Waals surface area contributed by atoms with E-state index in [9.17, 15) is 18.0 Å². The highest BCUT2D eigenvalue weighted by Crippen LogP contribution is 2.22. The number of halogens is 3. The van der Waals surface area contributed by atoms with Crippen molar-refractivity contribution in [3.05, 3.63) is 30.5 Å². The van der Waals surface area contributed by atoms with Crippen molar-refractivity contribution in [2.45, 2.75) is 19.6 Å². The number of carbonyl (C=O) groups excluding carboxylic acids is 1. The van der Waals surface area contributed by atoms with Gasteiger partial charge in [-0.25, -0.2) is 0 Å². The smallest absolute Gasteiger partial charge is 0.406 e. The Labute approximate surface area is 126 Å². The summed E-state index contributed by atoms with van der Waals surface area (Å²) in [6, 6.07) is 7.13. The van der Waals surface area contributed by atoms with Crippen LogP contribution >= 0.6 is 0 Å². The van der Waals surface area contributed by atoms with Crippen molar-refractivity contribution in [1.29, 1.82) is 0 Å². The highest BCUT2D eigenvalue weighted by atomic mass is 19.4. The summed E-state index contributed by atoms with van der Waals surface area (Å²) in [5, 5.41) is 0.867. The lowest BCUT2D eigenvalue weighted by Gasteiger charge is -2.22. The standard InChI is InChI=1S/C15H17F3N2O2/c1-3-19(10-15(16,17)18)14(21)9-20-7-6-11-8-12(22-2)4-5-13(11)20/h4-8H,3,9-10H2,1-2H3. The van der Waals surface area contributed by atoms with Gasteiger partial charge in [0.15, 0.2) is 0 Å². The molecule has 0 aliphatic rings. The molecule has 0 fully saturated rings. The van der Waals surface area contributed by atoms with Crippen LogP contribution in [0, 0.1) is 0 Å². The molecule has 0 saturated carbocycles. The maximum atomic E-state index is 12.5. The lowest BCUT2D eigenvalue weighted by molar-refractivity contribution is -0.161. The molecule has 2 aromatic rings. The van der Waals surface area contributed by atoms with Gasteiger partial charge in [-0.2, -0.15) is 13.2 Å². The molecule has 2 rings (SSSR count). The van der Waals surface area contributed by atoms with Crippen molar-refractivity contribution in [3.63, 3.8) is 0 Å². The van der Waals surface area contributed by atoms with Gasteiger partial charge in [-0.3, -0.25) is 4.79 Å². The van der Waals surface area contributed by atoms with Crippen LogP contribution in [0.5, 0.6) is 5.75 Å². The normalized spacial score (nSPS) is 11.7. The number of hydrogen-bond acceptors (Lipinski definition) is 2. The maximum Gasteiger partial charge on any atom is 0.406 e. The van der Waals surface area contributed by atoms with Crippen molar-refractivity contribution in [3.8, 4) is 5.75 Å². The molecule has 120 valence electrons. The van der Waals surface area contributed by atoms with Crippen molar-refractivity contribution in [2.75, 3.05) is 20.2 Å². The second kappa shape index (κ2) is 6.29. The maximum absolute atomic E-state index is 12.5. The quantitative estimate of drug-likeness (QED) is 0.850. The number of hydrogen-bond donors (Lipinski definition) is 0. The molecule has 0 N–H and O–H groups in total. The SMILES string of the molecule is CCN(CC(F)(F)F)C(=O)Cn1ccc2cc(OC)ccc21. The number of fused-ring (bicyclic) bond motifs is 1. The van der Waals surface area contributed by atoms with Gasteiger partial charge in [0, 0.05) is 23.6 Å². The molecule has 7 heteroatoms. The number of aromatic nitrogens is 1. The van der Waals surface area contributed by atoms with E-state index in [-0.39, 0.29) is 13.1 Å². The molecule has 1 aromatic heterocycles. The molecule has 1 heterocycles. The van der Waals surface area contributed by atoms with Crippen LogP contribution in [0.15, 0.2) is 30.5 Å². The summed E-state index contributed by atoms with van der Waals surface area (Å²) in [4.78, 5) is 12.9. The Bertz CT molecular complexity index is 664. The van der Waals surface area contributed by atoms with E-state index in [0.29, 0.717) is 5.75 Å². The van der Waals surface area contributed by atoms with E-state index in [0.717, 1.165) is 15.8 Å². The van der Waals surface area contributed by atoms with Gasteiger partial charge in [-0.05, 0) is 31.2 Å². The van der Waals surface area contributed by atoms with E-state index in [1.54, 1.807) is 36.1 Å². The van der Waals surface area contributed by atoms with Crippen molar-refractivity contribution >= 4 is 16.8 Å². The Morgan fingerprint density at radius 3 is 2.64 bits per heavy atom. The number of nitrogens with zero attached hydrogens (tertiary/aromatic N) is 2. The van der Waals surface area contributed by atoms with E-state index < -0.39 is 18.6 Å². The van der Waals surface area contributed by atoms with Crippen LogP contribution in [0.1, 0.15) is 6.92 Å². The molecule has 0 radical (unpaired) electrons. The van der Waals surface area contributed by atoms with E-state index >= 15 is 0 Å². The van der Waals surface area contributed by atoms with E-state index in [1.165, 1.54) is 6.92 Å². The first-order valence-electron chi connectivity index (χ1n) is 6.81. The topological polar surface area (TPSA) is 34.5 Å². The monoisotopic (exact) mass is 314 g/mol. The lowest BCUT2D eigenvalue weighted by atomic mass is 10.2. The third kappa shape index (κ3) is 3.72. The number of rotatable bonds is 5. The summed E-state index contributed by atoms with van der Waals surface area (Å²) in [5.74, 6) is 0.122. The van der Waals surface area contributed by atoms with Gasteiger partial charge in [-0.15, -0.1) is 0 Å². The molecule has 0 unspecified atom stereocenters. The molecular formula is C15H17F3N2O2. The first-order valence-corrected chi connectivity index (χ1v) is 6.81. The summed E-state index contributed by atoms with van der Waals surface area (Å²) in [7, 11) is 1.55. The van der Waals surface area contributed by atoms with Crippen LogP contribution in [0.4, 0.5) is 13.2 Å². The Morgan fingerprint density at radius 1 is 1.32 bits per heavy atom. The Morgan fingerprint density at radius 2 is 2.05 bits per heavy atom. The summed E-state index contributed by atoms with van der Waals surface area (Å²) >= 11 is 0. The number of alkyl halides is 3. The lowest BCUT2D eigenvalue weighted by Crippen LogP contribution is -2.40. The van der Waals surface area contributed by atoms with E-state index in [4.69, 9.17) is 4.74 Å². The molecular weight excluding hydrogens is 297 g/mol. The molecule has 1 amide bonds. The molecule has 0 bridgehead atoms. The Hall–Kier alpha value is -2.18. The fourth-order valence-corrected chi connectivity index (χ4v) is 2.28. The molecule has 0 atom stereocenters. The zero-order valence-corrected chi connectivity index (χ0v) is 12.4. The number of ether oxygens (including phenoxy) is 1. The van der Waals surface area contributed by atoms with Gasteiger partial charge in [-0.1, -0.05) is 0 Å². The fraction of sp³-hybridized carbons (Fsp3) is 0.400. The molecule has 0 saturated heterocycles. The predicted molar refractivity (Wildman–Crippen MR) is 76.8 cm³/mol.